The summed E-state index contributed by atoms with van der Waals surface area (Å²) in [5.41, 5.74) is 0.895. The number of halogens is 1. The molecule has 8 heteroatoms. The minimum absolute atomic E-state index is 0.0432. The van der Waals surface area contributed by atoms with Crippen molar-refractivity contribution >= 4 is 11.6 Å². The van der Waals surface area contributed by atoms with Crippen LogP contribution >= 0.6 is 0 Å². The molecule has 2 aliphatic heterocycles. The van der Waals surface area contributed by atoms with Gasteiger partial charge in [0.2, 0.25) is 5.91 Å². The molecule has 1 amide bonds. The van der Waals surface area contributed by atoms with Crippen LogP contribution in [0, 0.1) is 19.7 Å². The number of carbonyl (C=O) groups excluding carboxylic acids is 1. The van der Waals surface area contributed by atoms with E-state index in [-0.39, 0.29) is 31.4 Å². The Labute approximate surface area is 213 Å². The number of aliphatic hydroxyl groups is 2. The zero-order chi connectivity index (χ0) is 25.9. The van der Waals surface area contributed by atoms with Crippen LogP contribution in [-0.2, 0) is 4.79 Å². The van der Waals surface area contributed by atoms with Crippen LogP contribution in [0.1, 0.15) is 30.9 Å². The van der Waals surface area contributed by atoms with Gasteiger partial charge in [0, 0.05) is 51.9 Å². The van der Waals surface area contributed by atoms with Gasteiger partial charge in [-0.3, -0.25) is 9.69 Å². The normalized spacial score (nSPS) is 22.8. The summed E-state index contributed by atoms with van der Waals surface area (Å²) in [5, 5.41) is 23.0. The number of rotatable bonds is 6. The largest absolute Gasteiger partial charge is 0.490 e. The molecule has 2 fully saturated rings. The van der Waals surface area contributed by atoms with E-state index in [1.54, 1.807) is 11.0 Å². The van der Waals surface area contributed by atoms with Gasteiger partial charge in [0.1, 0.15) is 23.8 Å². The highest BCUT2D eigenvalue weighted by Gasteiger charge is 2.41. The van der Waals surface area contributed by atoms with Crippen LogP contribution in [0.5, 0.6) is 5.75 Å². The first kappa shape index (κ1) is 26.4. The molecule has 2 N–H and O–H groups in total. The highest BCUT2D eigenvalue weighted by Crippen LogP contribution is 2.29. The molecule has 0 aromatic heterocycles. The third-order valence-electron chi connectivity index (χ3n) is 7.51. The van der Waals surface area contributed by atoms with Crippen LogP contribution in [0.2, 0.25) is 0 Å². The number of β-amino-alcohol motifs (C(OH)–C–C–N with tert-alkyl or cyclic N) is 2. The highest BCUT2D eigenvalue weighted by molar-refractivity contribution is 5.73. The lowest BCUT2D eigenvalue weighted by atomic mass is 9.90. The first-order valence-corrected chi connectivity index (χ1v) is 12.7. The number of amides is 1. The fraction of sp³-hybridized carbons (Fsp3) is 0.536. The van der Waals surface area contributed by atoms with Crippen LogP contribution in [0.25, 0.3) is 0 Å². The molecule has 36 heavy (non-hydrogen) atoms. The molecule has 0 saturated carbocycles. The van der Waals surface area contributed by atoms with Gasteiger partial charge < -0.3 is 24.7 Å². The number of aryl methyl sites for hydroxylation is 2. The SMILES string of the molecule is CC(=O)N1CCN(CC2(O)CCN(c3cccc(F)c3)CC2)CC(O)(COc2ccc(C)c(C)c2)C1. The topological polar surface area (TPSA) is 76.5 Å². The first-order valence-electron chi connectivity index (χ1n) is 12.7. The molecule has 0 bridgehead atoms. The molecule has 2 heterocycles. The molecule has 196 valence electrons. The molecule has 2 aromatic rings. The van der Waals surface area contributed by atoms with E-state index in [2.05, 4.69) is 4.90 Å². The Morgan fingerprint density at radius 1 is 0.972 bits per heavy atom. The van der Waals surface area contributed by atoms with Crippen LogP contribution in [0.4, 0.5) is 10.1 Å². The van der Waals surface area contributed by atoms with E-state index >= 15 is 0 Å². The quantitative estimate of drug-likeness (QED) is 0.637. The highest BCUT2D eigenvalue weighted by atomic mass is 19.1. The smallest absolute Gasteiger partial charge is 0.219 e. The maximum atomic E-state index is 13.6. The van der Waals surface area contributed by atoms with Crippen molar-refractivity contribution in [2.75, 3.05) is 57.3 Å². The van der Waals surface area contributed by atoms with E-state index in [1.807, 2.05) is 43.0 Å². The van der Waals surface area contributed by atoms with Crippen molar-refractivity contribution in [1.82, 2.24) is 9.80 Å². The third-order valence-corrected chi connectivity index (χ3v) is 7.51. The minimum Gasteiger partial charge on any atom is -0.490 e. The summed E-state index contributed by atoms with van der Waals surface area (Å²) in [4.78, 5) is 18.0. The Bertz CT molecular complexity index is 1070. The lowest BCUT2D eigenvalue weighted by Crippen LogP contribution is -2.55. The van der Waals surface area contributed by atoms with Crippen molar-refractivity contribution in [3.05, 3.63) is 59.4 Å². The molecule has 4 rings (SSSR count). The Hall–Kier alpha value is -2.68. The van der Waals surface area contributed by atoms with E-state index in [0.717, 1.165) is 11.3 Å². The standard InChI is InChI=1S/C28H38FN3O4/c1-21-7-8-26(15-22(21)2)36-20-28(35)18-30(13-14-32(19-28)23(3)33)17-27(34)9-11-31(12-10-27)25-6-4-5-24(29)16-25/h4-8,15-16,34-35H,9-14,17-20H2,1-3H3. The van der Waals surface area contributed by atoms with Gasteiger partial charge >= 0.3 is 0 Å². The lowest BCUT2D eigenvalue weighted by Gasteiger charge is -2.42. The molecule has 2 aliphatic rings. The molecule has 2 aromatic carbocycles. The van der Waals surface area contributed by atoms with Gasteiger partial charge in [-0.2, -0.15) is 0 Å². The molecular formula is C28H38FN3O4. The average molecular weight is 500 g/mol. The van der Waals surface area contributed by atoms with E-state index in [1.165, 1.54) is 24.6 Å². The average Bonchev–Trinajstić information content (AvgIpc) is 2.99. The van der Waals surface area contributed by atoms with Crippen molar-refractivity contribution in [3.63, 3.8) is 0 Å². The van der Waals surface area contributed by atoms with E-state index in [4.69, 9.17) is 4.74 Å². The molecule has 2 saturated heterocycles. The summed E-state index contributed by atoms with van der Waals surface area (Å²) >= 11 is 0. The lowest BCUT2D eigenvalue weighted by molar-refractivity contribution is -0.132. The minimum atomic E-state index is -1.28. The van der Waals surface area contributed by atoms with Crippen LogP contribution in [0.15, 0.2) is 42.5 Å². The van der Waals surface area contributed by atoms with Crippen LogP contribution in [0.3, 0.4) is 0 Å². The summed E-state index contributed by atoms with van der Waals surface area (Å²) in [6.45, 7) is 8.73. The van der Waals surface area contributed by atoms with Crippen molar-refractivity contribution in [3.8, 4) is 5.75 Å². The summed E-state index contributed by atoms with van der Waals surface area (Å²) < 4.78 is 19.6. The fourth-order valence-corrected chi connectivity index (χ4v) is 5.19. The second-order valence-electron chi connectivity index (χ2n) is 10.6. The maximum absolute atomic E-state index is 13.6. The number of hydrogen-bond acceptors (Lipinski definition) is 6. The van der Waals surface area contributed by atoms with Crippen molar-refractivity contribution in [2.24, 2.45) is 0 Å². The summed E-state index contributed by atoms with van der Waals surface area (Å²) in [6, 6.07) is 12.4. The monoisotopic (exact) mass is 499 g/mol. The third kappa shape index (κ3) is 6.55. The van der Waals surface area contributed by atoms with Gasteiger partial charge in [0.05, 0.1) is 12.1 Å². The first-order chi connectivity index (χ1) is 17.0. The predicted octanol–water partition coefficient (Wildman–Crippen LogP) is 2.75. The van der Waals surface area contributed by atoms with Gasteiger partial charge in [0.25, 0.3) is 0 Å². The van der Waals surface area contributed by atoms with Gasteiger partial charge in [-0.25, -0.2) is 4.39 Å². The number of piperidine rings is 1. The summed E-state index contributed by atoms with van der Waals surface area (Å²) in [5.74, 6) is 0.318. The predicted molar refractivity (Wildman–Crippen MR) is 138 cm³/mol. The molecular weight excluding hydrogens is 461 g/mol. The Morgan fingerprint density at radius 3 is 2.39 bits per heavy atom. The Morgan fingerprint density at radius 2 is 1.72 bits per heavy atom. The van der Waals surface area contributed by atoms with Gasteiger partial charge in [-0.05, 0) is 68.1 Å². The molecule has 0 spiro atoms. The van der Waals surface area contributed by atoms with Gasteiger partial charge in [-0.1, -0.05) is 12.1 Å². The van der Waals surface area contributed by atoms with Gasteiger partial charge in [-0.15, -0.1) is 0 Å². The molecule has 0 aliphatic carbocycles. The molecule has 7 nitrogen and oxygen atoms in total. The van der Waals surface area contributed by atoms with Crippen LogP contribution in [-0.4, -0.2) is 89.5 Å². The molecule has 1 unspecified atom stereocenters. The van der Waals surface area contributed by atoms with E-state index in [9.17, 15) is 19.4 Å². The fourth-order valence-electron chi connectivity index (χ4n) is 5.19. The molecule has 1 atom stereocenters. The van der Waals surface area contributed by atoms with E-state index in [0.29, 0.717) is 51.3 Å². The van der Waals surface area contributed by atoms with Crippen LogP contribution < -0.4 is 9.64 Å². The summed E-state index contributed by atoms with van der Waals surface area (Å²) in [6.07, 6.45) is 1.07. The Balaban J connectivity index is 1.41. The van der Waals surface area contributed by atoms with E-state index < -0.39 is 11.2 Å². The van der Waals surface area contributed by atoms with Gasteiger partial charge in [0.15, 0.2) is 0 Å². The number of hydrogen-bond donors (Lipinski definition) is 2. The maximum Gasteiger partial charge on any atom is 0.219 e. The Kier molecular flexibility index (Phi) is 7.87. The number of nitrogens with zero attached hydrogens (tertiary/aromatic N) is 3. The zero-order valence-electron chi connectivity index (χ0n) is 21.5. The number of carbonyl (C=O) groups is 1. The summed E-state index contributed by atoms with van der Waals surface area (Å²) in [7, 11) is 0. The number of anilines is 1. The van der Waals surface area contributed by atoms with Crippen molar-refractivity contribution < 1.29 is 24.1 Å². The zero-order valence-corrected chi connectivity index (χ0v) is 21.5. The number of ether oxygens (including phenoxy) is 1. The van der Waals surface area contributed by atoms with Crippen molar-refractivity contribution in [2.45, 2.75) is 44.8 Å². The van der Waals surface area contributed by atoms with Crippen molar-refractivity contribution in [1.29, 1.82) is 0 Å². The second kappa shape index (κ2) is 10.7. The number of benzene rings is 2. The molecule has 0 radical (unpaired) electrons. The second-order valence-corrected chi connectivity index (χ2v) is 10.6.